The van der Waals surface area contributed by atoms with Crippen LogP contribution in [-0.2, 0) is 11.3 Å². The molecule has 0 aliphatic carbocycles. The summed E-state index contributed by atoms with van der Waals surface area (Å²) in [6.07, 6.45) is 1.60. The van der Waals surface area contributed by atoms with Gasteiger partial charge in [-0.25, -0.2) is 0 Å². The van der Waals surface area contributed by atoms with Gasteiger partial charge in [0.05, 0.1) is 6.54 Å². The van der Waals surface area contributed by atoms with Crippen LogP contribution < -0.4 is 5.32 Å². The van der Waals surface area contributed by atoms with E-state index < -0.39 is 0 Å². The molecule has 0 radical (unpaired) electrons. The molecule has 1 amide bonds. The highest BCUT2D eigenvalue weighted by atomic mass is 35.5. The zero-order chi connectivity index (χ0) is 14.0. The number of rotatable bonds is 3. The van der Waals surface area contributed by atoms with E-state index >= 15 is 0 Å². The highest BCUT2D eigenvalue weighted by molar-refractivity contribution is 6.36. The van der Waals surface area contributed by atoms with Crippen LogP contribution in [0.25, 0.3) is 0 Å². The standard InChI is InChI=1S/C12H10Cl3N3O/c1-7(19)16-12-11(15)6-18(17-12)5-8-9(13)3-2-4-10(8)14/h2-4,6H,5H2,1H3,(H,16,17,19). The van der Waals surface area contributed by atoms with Crippen molar-refractivity contribution in [3.63, 3.8) is 0 Å². The molecule has 0 unspecified atom stereocenters. The number of nitrogens with zero attached hydrogens (tertiary/aromatic N) is 2. The first-order valence-electron chi connectivity index (χ1n) is 5.41. The molecule has 0 fully saturated rings. The van der Waals surface area contributed by atoms with E-state index in [2.05, 4.69) is 10.4 Å². The van der Waals surface area contributed by atoms with Crippen LogP contribution in [0.1, 0.15) is 12.5 Å². The number of halogens is 3. The van der Waals surface area contributed by atoms with Crippen LogP contribution in [-0.4, -0.2) is 15.7 Å². The molecule has 1 heterocycles. The Morgan fingerprint density at radius 3 is 2.47 bits per heavy atom. The lowest BCUT2D eigenvalue weighted by Gasteiger charge is -2.06. The Morgan fingerprint density at radius 2 is 1.89 bits per heavy atom. The van der Waals surface area contributed by atoms with Crippen LogP contribution >= 0.6 is 34.8 Å². The Bertz CT molecular complexity index is 604. The molecule has 19 heavy (non-hydrogen) atoms. The summed E-state index contributed by atoms with van der Waals surface area (Å²) in [6.45, 7) is 1.76. The first-order valence-corrected chi connectivity index (χ1v) is 6.54. The third-order valence-corrected chi connectivity index (χ3v) is 3.38. The topological polar surface area (TPSA) is 46.9 Å². The molecule has 0 saturated carbocycles. The summed E-state index contributed by atoms with van der Waals surface area (Å²) < 4.78 is 1.57. The molecule has 0 atom stereocenters. The minimum absolute atomic E-state index is 0.233. The van der Waals surface area contributed by atoms with Crippen molar-refractivity contribution >= 4 is 46.5 Å². The van der Waals surface area contributed by atoms with Crippen LogP contribution in [0, 0.1) is 0 Å². The Labute approximate surface area is 125 Å². The third kappa shape index (κ3) is 3.41. The first kappa shape index (κ1) is 14.2. The number of hydrogen-bond acceptors (Lipinski definition) is 2. The molecule has 4 nitrogen and oxygen atoms in total. The van der Waals surface area contributed by atoms with E-state index in [-0.39, 0.29) is 5.91 Å². The van der Waals surface area contributed by atoms with Gasteiger partial charge in [-0.3, -0.25) is 9.48 Å². The molecule has 1 N–H and O–H groups in total. The molecule has 1 aromatic carbocycles. The van der Waals surface area contributed by atoms with Gasteiger partial charge in [-0.15, -0.1) is 0 Å². The van der Waals surface area contributed by atoms with Gasteiger partial charge < -0.3 is 5.32 Å². The van der Waals surface area contributed by atoms with Crippen molar-refractivity contribution < 1.29 is 4.79 Å². The van der Waals surface area contributed by atoms with Gasteiger partial charge in [0.2, 0.25) is 5.91 Å². The molecule has 0 bridgehead atoms. The SMILES string of the molecule is CC(=O)Nc1nn(Cc2c(Cl)cccc2Cl)cc1Cl. The van der Waals surface area contributed by atoms with Crippen molar-refractivity contribution in [2.45, 2.75) is 13.5 Å². The number of benzene rings is 1. The lowest BCUT2D eigenvalue weighted by atomic mass is 10.2. The maximum Gasteiger partial charge on any atom is 0.222 e. The minimum Gasteiger partial charge on any atom is -0.308 e. The minimum atomic E-state index is -0.233. The van der Waals surface area contributed by atoms with Crippen LogP contribution in [0.4, 0.5) is 5.82 Å². The van der Waals surface area contributed by atoms with Crippen LogP contribution in [0.2, 0.25) is 15.1 Å². The second-order valence-electron chi connectivity index (χ2n) is 3.90. The molecule has 0 saturated heterocycles. The number of aromatic nitrogens is 2. The van der Waals surface area contributed by atoms with E-state index in [1.54, 1.807) is 29.1 Å². The summed E-state index contributed by atoms with van der Waals surface area (Å²) in [5.74, 6) is 0.0836. The van der Waals surface area contributed by atoms with Crippen LogP contribution in [0.3, 0.4) is 0 Å². The second kappa shape index (κ2) is 5.82. The third-order valence-electron chi connectivity index (χ3n) is 2.39. The molecule has 0 aliphatic heterocycles. The van der Waals surface area contributed by atoms with Gasteiger partial charge in [-0.1, -0.05) is 40.9 Å². The molecule has 100 valence electrons. The predicted molar refractivity (Wildman–Crippen MR) is 77.1 cm³/mol. The maximum absolute atomic E-state index is 11.0. The molecule has 2 aromatic rings. The maximum atomic E-state index is 11.0. The van der Waals surface area contributed by atoms with Crippen molar-refractivity contribution in [1.29, 1.82) is 0 Å². The van der Waals surface area contributed by atoms with Gasteiger partial charge in [0.25, 0.3) is 0 Å². The van der Waals surface area contributed by atoms with E-state index in [1.807, 2.05) is 0 Å². The van der Waals surface area contributed by atoms with Crippen molar-refractivity contribution in [2.24, 2.45) is 0 Å². The Balaban J connectivity index is 2.27. The summed E-state index contributed by atoms with van der Waals surface area (Å²) in [7, 11) is 0. The monoisotopic (exact) mass is 317 g/mol. The number of carbonyl (C=O) groups is 1. The van der Waals surface area contributed by atoms with E-state index in [9.17, 15) is 4.79 Å². The summed E-state index contributed by atoms with van der Waals surface area (Å²) >= 11 is 18.1. The van der Waals surface area contributed by atoms with Gasteiger partial charge in [0, 0.05) is 28.7 Å². The molecular weight excluding hydrogens is 309 g/mol. The number of hydrogen-bond donors (Lipinski definition) is 1. The lowest BCUT2D eigenvalue weighted by molar-refractivity contribution is -0.114. The molecule has 2 rings (SSSR count). The zero-order valence-corrected chi connectivity index (χ0v) is 12.2. The Morgan fingerprint density at radius 1 is 1.26 bits per heavy atom. The number of nitrogens with one attached hydrogen (secondary N) is 1. The molecule has 1 aromatic heterocycles. The number of amides is 1. The first-order chi connectivity index (χ1) is 8.97. The van der Waals surface area contributed by atoms with Gasteiger partial charge in [-0.05, 0) is 12.1 Å². The quantitative estimate of drug-likeness (QED) is 0.934. The fourth-order valence-electron chi connectivity index (χ4n) is 1.57. The number of anilines is 1. The smallest absolute Gasteiger partial charge is 0.222 e. The number of carbonyl (C=O) groups excluding carboxylic acids is 1. The summed E-state index contributed by atoms with van der Waals surface area (Å²) in [4.78, 5) is 11.0. The van der Waals surface area contributed by atoms with Crippen LogP contribution in [0.5, 0.6) is 0 Å². The average Bonchev–Trinajstić information content (AvgIpc) is 2.64. The van der Waals surface area contributed by atoms with Gasteiger partial charge in [0.15, 0.2) is 5.82 Å². The Hall–Kier alpha value is -1.23. The van der Waals surface area contributed by atoms with E-state index in [1.165, 1.54) is 6.92 Å². The van der Waals surface area contributed by atoms with Crippen molar-refractivity contribution in [3.05, 3.63) is 45.0 Å². The molecule has 7 heteroatoms. The van der Waals surface area contributed by atoms with E-state index in [0.29, 0.717) is 27.4 Å². The fraction of sp³-hybridized carbons (Fsp3) is 0.167. The highest BCUT2D eigenvalue weighted by Crippen LogP contribution is 2.26. The van der Waals surface area contributed by atoms with E-state index in [0.717, 1.165) is 5.56 Å². The Kier molecular flexibility index (Phi) is 4.34. The summed E-state index contributed by atoms with van der Waals surface area (Å²) in [5, 5.41) is 8.17. The summed E-state index contributed by atoms with van der Waals surface area (Å²) in [5.41, 5.74) is 0.749. The van der Waals surface area contributed by atoms with Crippen molar-refractivity contribution in [2.75, 3.05) is 5.32 Å². The van der Waals surface area contributed by atoms with Gasteiger partial charge in [-0.2, -0.15) is 5.10 Å². The summed E-state index contributed by atoms with van der Waals surface area (Å²) in [6, 6.07) is 5.28. The van der Waals surface area contributed by atoms with Crippen molar-refractivity contribution in [1.82, 2.24) is 9.78 Å². The van der Waals surface area contributed by atoms with Crippen molar-refractivity contribution in [3.8, 4) is 0 Å². The lowest BCUT2D eigenvalue weighted by Crippen LogP contribution is -2.08. The molecule has 0 spiro atoms. The van der Waals surface area contributed by atoms with Crippen LogP contribution in [0.15, 0.2) is 24.4 Å². The van der Waals surface area contributed by atoms with E-state index in [4.69, 9.17) is 34.8 Å². The van der Waals surface area contributed by atoms with Gasteiger partial charge in [0.1, 0.15) is 5.02 Å². The fourth-order valence-corrected chi connectivity index (χ4v) is 2.29. The average molecular weight is 319 g/mol. The zero-order valence-electron chi connectivity index (χ0n) is 9.95. The molecule has 0 aliphatic rings. The highest BCUT2D eigenvalue weighted by Gasteiger charge is 2.11. The predicted octanol–water partition coefficient (Wildman–Crippen LogP) is 3.85. The van der Waals surface area contributed by atoms with Gasteiger partial charge >= 0.3 is 0 Å². The second-order valence-corrected chi connectivity index (χ2v) is 5.13. The normalized spacial score (nSPS) is 10.5. The largest absolute Gasteiger partial charge is 0.308 e. The molecular formula is C12H10Cl3N3O.